The van der Waals surface area contributed by atoms with Gasteiger partial charge in [-0.15, -0.1) is 0 Å². The largest absolute Gasteiger partial charge is 0.493 e. The van der Waals surface area contributed by atoms with Crippen molar-refractivity contribution in [1.29, 1.82) is 0 Å². The van der Waals surface area contributed by atoms with E-state index in [1.54, 1.807) is 4.90 Å². The number of para-hydroxylation sites is 1. The number of ether oxygens (including phenoxy) is 1. The van der Waals surface area contributed by atoms with E-state index < -0.39 is 0 Å². The van der Waals surface area contributed by atoms with Crippen LogP contribution in [0.15, 0.2) is 42.5 Å². The van der Waals surface area contributed by atoms with Crippen LogP contribution in [0, 0.1) is 6.92 Å². The molecule has 3 rings (SSSR count). The average molecular weight is 432 g/mol. The summed E-state index contributed by atoms with van der Waals surface area (Å²) in [5.74, 6) is 0.784. The van der Waals surface area contributed by atoms with Crippen molar-refractivity contribution in [2.24, 2.45) is 0 Å². The Balaban J connectivity index is 1.74. The number of halogens is 1. The fourth-order valence-corrected chi connectivity index (χ4v) is 4.50. The molecule has 1 amide bonds. The number of hydrogen-bond acceptors (Lipinski definition) is 5. The van der Waals surface area contributed by atoms with Crippen LogP contribution in [0.4, 0.5) is 5.13 Å². The molecule has 0 atom stereocenters. The summed E-state index contributed by atoms with van der Waals surface area (Å²) in [6, 6.07) is 13.4. The highest BCUT2D eigenvalue weighted by Gasteiger charge is 2.20. The number of amides is 1. The van der Waals surface area contributed by atoms with Gasteiger partial charge in [-0.1, -0.05) is 41.1 Å². The second-order valence-electron chi connectivity index (χ2n) is 7.18. The van der Waals surface area contributed by atoms with Crippen LogP contribution >= 0.6 is 22.9 Å². The molecule has 0 aliphatic carbocycles. The monoisotopic (exact) mass is 431 g/mol. The van der Waals surface area contributed by atoms with Crippen molar-refractivity contribution in [3.8, 4) is 5.75 Å². The standard InChI is InChI=1S/C22H26ClN3O2S/c1-16-14-17(23)15-19-21(16)24-22(29-19)26(12-7-11-25(2)3)20(27)10-13-28-18-8-5-4-6-9-18/h4-6,8-9,14-15H,7,10-13H2,1-3H3. The first-order chi connectivity index (χ1) is 13.9. The number of rotatable bonds is 9. The first kappa shape index (κ1) is 21.6. The Hall–Kier alpha value is -2.15. The van der Waals surface area contributed by atoms with Gasteiger partial charge in [-0.3, -0.25) is 9.69 Å². The summed E-state index contributed by atoms with van der Waals surface area (Å²) < 4.78 is 6.71. The second kappa shape index (κ2) is 10.1. The minimum absolute atomic E-state index is 0.0162. The van der Waals surface area contributed by atoms with E-state index in [2.05, 4.69) is 4.90 Å². The molecule has 0 saturated carbocycles. The summed E-state index contributed by atoms with van der Waals surface area (Å²) in [5.41, 5.74) is 1.92. The molecule has 0 aliphatic rings. The molecule has 154 valence electrons. The third kappa shape index (κ3) is 5.92. The van der Waals surface area contributed by atoms with Gasteiger partial charge in [0.05, 0.1) is 23.2 Å². The van der Waals surface area contributed by atoms with Crippen LogP contribution < -0.4 is 9.64 Å². The number of aromatic nitrogens is 1. The van der Waals surface area contributed by atoms with Crippen LogP contribution in [0.25, 0.3) is 10.2 Å². The molecule has 0 fully saturated rings. The van der Waals surface area contributed by atoms with Gasteiger partial charge in [0.25, 0.3) is 0 Å². The summed E-state index contributed by atoms with van der Waals surface area (Å²) in [6.45, 7) is 3.85. The molecule has 0 N–H and O–H groups in total. The predicted molar refractivity (Wildman–Crippen MR) is 121 cm³/mol. The topological polar surface area (TPSA) is 45.7 Å². The molecular formula is C22H26ClN3O2S. The fraction of sp³-hybridized carbons (Fsp3) is 0.364. The molecule has 29 heavy (non-hydrogen) atoms. The van der Waals surface area contributed by atoms with Crippen molar-refractivity contribution in [2.75, 3.05) is 38.7 Å². The van der Waals surface area contributed by atoms with Crippen molar-refractivity contribution in [3.05, 3.63) is 53.1 Å². The molecule has 1 aromatic heterocycles. The van der Waals surface area contributed by atoms with Crippen molar-refractivity contribution >= 4 is 44.2 Å². The van der Waals surface area contributed by atoms with Crippen LogP contribution in [0.1, 0.15) is 18.4 Å². The molecule has 1 heterocycles. The van der Waals surface area contributed by atoms with E-state index in [1.165, 1.54) is 11.3 Å². The minimum Gasteiger partial charge on any atom is -0.493 e. The zero-order chi connectivity index (χ0) is 20.8. The number of anilines is 1. The molecule has 0 bridgehead atoms. The van der Waals surface area contributed by atoms with E-state index in [0.29, 0.717) is 29.7 Å². The molecule has 0 radical (unpaired) electrons. The van der Waals surface area contributed by atoms with Gasteiger partial charge in [0.1, 0.15) is 5.75 Å². The smallest absolute Gasteiger partial charge is 0.232 e. The number of carbonyl (C=O) groups is 1. The van der Waals surface area contributed by atoms with Crippen molar-refractivity contribution < 1.29 is 9.53 Å². The fourth-order valence-electron chi connectivity index (χ4n) is 3.04. The zero-order valence-corrected chi connectivity index (χ0v) is 18.6. The summed E-state index contributed by atoms with van der Waals surface area (Å²) in [6.07, 6.45) is 1.17. The summed E-state index contributed by atoms with van der Waals surface area (Å²) in [7, 11) is 4.06. The molecular weight excluding hydrogens is 406 g/mol. The lowest BCUT2D eigenvalue weighted by atomic mass is 10.2. The average Bonchev–Trinajstić information content (AvgIpc) is 3.09. The third-order valence-electron chi connectivity index (χ3n) is 4.49. The Labute approximate surface area is 180 Å². The van der Waals surface area contributed by atoms with E-state index >= 15 is 0 Å². The molecule has 0 spiro atoms. The van der Waals surface area contributed by atoms with E-state index in [0.717, 1.165) is 34.5 Å². The van der Waals surface area contributed by atoms with Gasteiger partial charge in [-0.2, -0.15) is 0 Å². The van der Waals surface area contributed by atoms with Gasteiger partial charge in [-0.05, 0) is 63.8 Å². The van der Waals surface area contributed by atoms with Crippen molar-refractivity contribution in [1.82, 2.24) is 9.88 Å². The number of hydrogen-bond donors (Lipinski definition) is 0. The lowest BCUT2D eigenvalue weighted by molar-refractivity contribution is -0.119. The third-order valence-corrected chi connectivity index (χ3v) is 5.73. The number of carbonyl (C=O) groups excluding carboxylic acids is 1. The first-order valence-electron chi connectivity index (χ1n) is 9.63. The number of benzene rings is 2. The van der Waals surface area contributed by atoms with Crippen LogP contribution in [0.2, 0.25) is 5.02 Å². The summed E-state index contributed by atoms with van der Waals surface area (Å²) >= 11 is 7.70. The van der Waals surface area contributed by atoms with Crippen molar-refractivity contribution in [3.63, 3.8) is 0 Å². The lowest BCUT2D eigenvalue weighted by Gasteiger charge is -2.21. The van der Waals surface area contributed by atoms with Gasteiger partial charge in [-0.25, -0.2) is 4.98 Å². The molecule has 5 nitrogen and oxygen atoms in total. The number of nitrogens with zero attached hydrogens (tertiary/aromatic N) is 3. The Bertz CT molecular complexity index is 959. The molecule has 2 aromatic carbocycles. The van der Waals surface area contributed by atoms with E-state index in [-0.39, 0.29) is 5.91 Å². The Morgan fingerprint density at radius 3 is 2.66 bits per heavy atom. The first-order valence-corrected chi connectivity index (χ1v) is 10.8. The van der Waals surface area contributed by atoms with Crippen LogP contribution in [0.5, 0.6) is 5.75 Å². The maximum Gasteiger partial charge on any atom is 0.232 e. The number of thiazole rings is 1. The molecule has 0 unspecified atom stereocenters. The highest BCUT2D eigenvalue weighted by atomic mass is 35.5. The Morgan fingerprint density at radius 1 is 1.17 bits per heavy atom. The maximum absolute atomic E-state index is 13.0. The molecule has 7 heteroatoms. The van der Waals surface area contributed by atoms with Crippen LogP contribution in [-0.2, 0) is 4.79 Å². The SMILES string of the molecule is Cc1cc(Cl)cc2sc(N(CCCN(C)C)C(=O)CCOc3ccccc3)nc12. The Morgan fingerprint density at radius 2 is 1.93 bits per heavy atom. The van der Waals surface area contributed by atoms with Gasteiger partial charge in [0.15, 0.2) is 5.13 Å². The number of aryl methyl sites for hydroxylation is 1. The maximum atomic E-state index is 13.0. The number of fused-ring (bicyclic) bond motifs is 1. The minimum atomic E-state index is 0.0162. The van der Waals surface area contributed by atoms with E-state index in [4.69, 9.17) is 21.3 Å². The highest BCUT2D eigenvalue weighted by Crippen LogP contribution is 2.33. The van der Waals surface area contributed by atoms with Gasteiger partial charge in [0.2, 0.25) is 5.91 Å². The van der Waals surface area contributed by atoms with E-state index in [1.807, 2.05) is 63.5 Å². The normalized spacial score (nSPS) is 11.2. The van der Waals surface area contributed by atoms with Gasteiger partial charge < -0.3 is 9.64 Å². The summed E-state index contributed by atoms with van der Waals surface area (Å²) in [5, 5.41) is 1.40. The van der Waals surface area contributed by atoms with Gasteiger partial charge in [0, 0.05) is 11.6 Å². The van der Waals surface area contributed by atoms with E-state index in [9.17, 15) is 4.79 Å². The highest BCUT2D eigenvalue weighted by molar-refractivity contribution is 7.22. The zero-order valence-electron chi connectivity index (χ0n) is 17.0. The van der Waals surface area contributed by atoms with Crippen LogP contribution in [0.3, 0.4) is 0 Å². The Kier molecular flexibility index (Phi) is 7.47. The quantitative estimate of drug-likeness (QED) is 0.477. The molecule has 0 aliphatic heterocycles. The molecule has 0 saturated heterocycles. The summed E-state index contributed by atoms with van der Waals surface area (Å²) in [4.78, 5) is 21.7. The lowest BCUT2D eigenvalue weighted by Crippen LogP contribution is -2.34. The van der Waals surface area contributed by atoms with Gasteiger partial charge >= 0.3 is 0 Å². The van der Waals surface area contributed by atoms with Crippen LogP contribution in [-0.4, -0.2) is 49.6 Å². The second-order valence-corrected chi connectivity index (χ2v) is 8.63. The molecule has 3 aromatic rings. The predicted octanol–water partition coefficient (Wildman–Crippen LogP) is 5.01. The van der Waals surface area contributed by atoms with Crippen molar-refractivity contribution in [2.45, 2.75) is 19.8 Å².